The number of halogens is 1. The Morgan fingerprint density at radius 1 is 1.56 bits per heavy atom. The summed E-state index contributed by atoms with van der Waals surface area (Å²) < 4.78 is 1.74. The molecule has 0 aliphatic heterocycles. The molecule has 1 aliphatic rings. The fourth-order valence-corrected chi connectivity index (χ4v) is 2.66. The van der Waals surface area contributed by atoms with Crippen LogP contribution >= 0.6 is 22.6 Å². The Kier molecular flexibility index (Phi) is 3.74. The normalized spacial score (nSPS) is 27.7. The maximum atomic E-state index is 11.7. The predicted molar refractivity (Wildman–Crippen MR) is 73.4 cm³/mol. The molecule has 2 rings (SSSR count). The maximum absolute atomic E-state index is 11.7. The van der Waals surface area contributed by atoms with E-state index in [4.69, 9.17) is 5.11 Å². The Balaban J connectivity index is 2.45. The standard InChI is InChI=1S/C11H13IN2O4/c1-5-8(2-6(4-15)9(5)16)14-3-7(12)10(17)13-11(14)18/h3,6,8-9,15-16H,1-2,4H2,(H,13,17,18)/t6-,8-,9+/m0/s1. The summed E-state index contributed by atoms with van der Waals surface area (Å²) in [6.45, 7) is 3.61. The van der Waals surface area contributed by atoms with Crippen molar-refractivity contribution in [3.8, 4) is 0 Å². The number of aliphatic hydroxyl groups is 2. The number of rotatable bonds is 2. The van der Waals surface area contributed by atoms with Crippen molar-refractivity contribution in [2.45, 2.75) is 18.6 Å². The van der Waals surface area contributed by atoms with Crippen molar-refractivity contribution in [2.24, 2.45) is 5.92 Å². The second-order valence-corrected chi connectivity index (χ2v) is 5.52. The minimum absolute atomic E-state index is 0.161. The van der Waals surface area contributed by atoms with Gasteiger partial charge in [-0.05, 0) is 34.6 Å². The minimum Gasteiger partial charge on any atom is -0.396 e. The Bertz CT molecular complexity index is 591. The Morgan fingerprint density at radius 2 is 2.22 bits per heavy atom. The molecule has 0 bridgehead atoms. The highest BCUT2D eigenvalue weighted by Crippen LogP contribution is 2.37. The van der Waals surface area contributed by atoms with Gasteiger partial charge in [0, 0.05) is 18.7 Å². The molecule has 0 unspecified atom stereocenters. The quantitative estimate of drug-likeness (QED) is 0.492. The second kappa shape index (κ2) is 4.98. The van der Waals surface area contributed by atoms with Crippen molar-refractivity contribution in [3.05, 3.63) is 42.8 Å². The van der Waals surface area contributed by atoms with Gasteiger partial charge in [-0.3, -0.25) is 14.3 Å². The van der Waals surface area contributed by atoms with Crippen LogP contribution in [-0.2, 0) is 0 Å². The summed E-state index contributed by atoms with van der Waals surface area (Å²) in [7, 11) is 0. The topological polar surface area (TPSA) is 95.3 Å². The number of aromatic nitrogens is 2. The zero-order valence-electron chi connectivity index (χ0n) is 9.47. The highest BCUT2D eigenvalue weighted by molar-refractivity contribution is 14.1. The van der Waals surface area contributed by atoms with E-state index in [1.807, 2.05) is 22.6 Å². The van der Waals surface area contributed by atoms with Crippen molar-refractivity contribution >= 4 is 22.6 Å². The van der Waals surface area contributed by atoms with Gasteiger partial charge >= 0.3 is 5.69 Å². The lowest BCUT2D eigenvalue weighted by atomic mass is 10.1. The molecule has 98 valence electrons. The number of aromatic amines is 1. The van der Waals surface area contributed by atoms with Gasteiger partial charge in [0.05, 0.1) is 15.7 Å². The zero-order chi connectivity index (χ0) is 13.4. The van der Waals surface area contributed by atoms with Gasteiger partial charge in [0.15, 0.2) is 0 Å². The SMILES string of the molecule is C=C1[C@@H](O)[C@H](CO)C[C@@H]1n1cc(I)c(=O)[nH]c1=O. The molecule has 0 radical (unpaired) electrons. The van der Waals surface area contributed by atoms with E-state index in [0.717, 1.165) is 0 Å². The molecule has 7 heteroatoms. The van der Waals surface area contributed by atoms with E-state index in [2.05, 4.69) is 11.6 Å². The van der Waals surface area contributed by atoms with Crippen molar-refractivity contribution in [1.82, 2.24) is 9.55 Å². The van der Waals surface area contributed by atoms with Gasteiger partial charge in [-0.25, -0.2) is 4.79 Å². The van der Waals surface area contributed by atoms with E-state index in [-0.39, 0.29) is 12.5 Å². The number of nitrogens with zero attached hydrogens (tertiary/aromatic N) is 1. The van der Waals surface area contributed by atoms with Gasteiger partial charge in [-0.15, -0.1) is 0 Å². The average Bonchev–Trinajstić information content (AvgIpc) is 2.61. The van der Waals surface area contributed by atoms with Crippen LogP contribution in [0.2, 0.25) is 0 Å². The van der Waals surface area contributed by atoms with Crippen LogP contribution in [0.25, 0.3) is 0 Å². The third-order valence-corrected chi connectivity index (χ3v) is 4.04. The molecule has 1 aromatic rings. The first-order valence-electron chi connectivity index (χ1n) is 5.44. The summed E-state index contributed by atoms with van der Waals surface area (Å²) in [5.74, 6) is -0.320. The van der Waals surface area contributed by atoms with E-state index in [0.29, 0.717) is 15.6 Å². The summed E-state index contributed by atoms with van der Waals surface area (Å²) in [6, 6.07) is -0.394. The summed E-state index contributed by atoms with van der Waals surface area (Å²) in [5, 5.41) is 19.0. The van der Waals surface area contributed by atoms with E-state index in [1.165, 1.54) is 10.8 Å². The van der Waals surface area contributed by atoms with E-state index < -0.39 is 23.4 Å². The van der Waals surface area contributed by atoms with Gasteiger partial charge in [0.2, 0.25) is 0 Å². The molecule has 0 spiro atoms. The Labute approximate surface area is 116 Å². The monoisotopic (exact) mass is 364 g/mol. The minimum atomic E-state index is -0.823. The number of hydrogen-bond acceptors (Lipinski definition) is 4. The van der Waals surface area contributed by atoms with Crippen LogP contribution < -0.4 is 11.2 Å². The molecular formula is C11H13IN2O4. The van der Waals surface area contributed by atoms with E-state index in [9.17, 15) is 14.7 Å². The van der Waals surface area contributed by atoms with Crippen molar-refractivity contribution in [1.29, 1.82) is 0 Å². The van der Waals surface area contributed by atoms with Gasteiger partial charge < -0.3 is 10.2 Å². The summed E-state index contributed by atoms with van der Waals surface area (Å²) in [6.07, 6.45) is 1.05. The third kappa shape index (κ3) is 2.17. The smallest absolute Gasteiger partial charge is 0.328 e. The van der Waals surface area contributed by atoms with Gasteiger partial charge in [-0.1, -0.05) is 6.58 Å². The molecular weight excluding hydrogens is 351 g/mol. The van der Waals surface area contributed by atoms with Crippen molar-refractivity contribution < 1.29 is 10.2 Å². The van der Waals surface area contributed by atoms with Gasteiger partial charge in [0.1, 0.15) is 0 Å². The fraction of sp³-hybridized carbons (Fsp3) is 0.455. The number of H-pyrrole nitrogens is 1. The highest BCUT2D eigenvalue weighted by Gasteiger charge is 2.37. The Hall–Kier alpha value is -0.930. The van der Waals surface area contributed by atoms with Crippen LogP contribution in [0.15, 0.2) is 27.9 Å². The van der Waals surface area contributed by atoms with Crippen LogP contribution in [0.5, 0.6) is 0 Å². The molecule has 0 aromatic carbocycles. The lowest BCUT2D eigenvalue weighted by molar-refractivity contribution is 0.111. The van der Waals surface area contributed by atoms with Gasteiger partial charge in [-0.2, -0.15) is 0 Å². The van der Waals surface area contributed by atoms with Crippen LogP contribution in [0.3, 0.4) is 0 Å². The largest absolute Gasteiger partial charge is 0.396 e. The van der Waals surface area contributed by atoms with Crippen molar-refractivity contribution in [2.75, 3.05) is 6.61 Å². The molecule has 3 N–H and O–H groups in total. The molecule has 0 amide bonds. The molecule has 18 heavy (non-hydrogen) atoms. The maximum Gasteiger partial charge on any atom is 0.328 e. The molecule has 6 nitrogen and oxygen atoms in total. The van der Waals surface area contributed by atoms with Crippen LogP contribution in [0.4, 0.5) is 0 Å². The number of aliphatic hydroxyl groups excluding tert-OH is 2. The number of nitrogens with one attached hydrogen (secondary N) is 1. The zero-order valence-corrected chi connectivity index (χ0v) is 11.6. The first-order valence-corrected chi connectivity index (χ1v) is 6.52. The fourth-order valence-electron chi connectivity index (χ4n) is 2.23. The summed E-state index contributed by atoms with van der Waals surface area (Å²) in [5.41, 5.74) is -0.476. The predicted octanol–water partition coefficient (Wildman–Crippen LogP) is -0.388. The van der Waals surface area contributed by atoms with Crippen LogP contribution in [0.1, 0.15) is 12.5 Å². The first kappa shape index (κ1) is 13.5. The molecule has 1 aliphatic carbocycles. The second-order valence-electron chi connectivity index (χ2n) is 4.36. The third-order valence-electron chi connectivity index (χ3n) is 3.28. The number of hydrogen-bond donors (Lipinski definition) is 3. The molecule has 1 aromatic heterocycles. The lowest BCUT2D eigenvalue weighted by Crippen LogP contribution is -2.33. The lowest BCUT2D eigenvalue weighted by Gasteiger charge is -2.15. The molecule has 1 saturated carbocycles. The van der Waals surface area contributed by atoms with E-state index in [1.54, 1.807) is 0 Å². The van der Waals surface area contributed by atoms with Crippen LogP contribution in [0, 0.1) is 9.49 Å². The molecule has 1 heterocycles. The van der Waals surface area contributed by atoms with Gasteiger partial charge in [0.25, 0.3) is 5.56 Å². The highest BCUT2D eigenvalue weighted by atomic mass is 127. The van der Waals surface area contributed by atoms with E-state index >= 15 is 0 Å². The van der Waals surface area contributed by atoms with Crippen molar-refractivity contribution in [3.63, 3.8) is 0 Å². The first-order chi connectivity index (χ1) is 8.45. The molecule has 1 fully saturated rings. The average molecular weight is 364 g/mol. The summed E-state index contributed by atoms with van der Waals surface area (Å²) >= 11 is 1.83. The molecule has 0 saturated heterocycles. The summed E-state index contributed by atoms with van der Waals surface area (Å²) in [4.78, 5) is 25.2. The Morgan fingerprint density at radius 3 is 2.78 bits per heavy atom. The van der Waals surface area contributed by atoms with Crippen LogP contribution in [-0.4, -0.2) is 32.5 Å². The molecule has 3 atom stereocenters.